The summed E-state index contributed by atoms with van der Waals surface area (Å²) in [7, 11) is -3.20. The maximum absolute atomic E-state index is 12.2. The highest BCUT2D eigenvalue weighted by atomic mass is 32.2. The van der Waals surface area contributed by atoms with Crippen molar-refractivity contribution < 1.29 is 8.42 Å². The second-order valence-electron chi connectivity index (χ2n) is 5.76. The van der Waals surface area contributed by atoms with Crippen molar-refractivity contribution in [1.29, 1.82) is 0 Å². The molecule has 1 aliphatic heterocycles. The number of aromatic nitrogens is 3. The van der Waals surface area contributed by atoms with E-state index >= 15 is 0 Å². The van der Waals surface area contributed by atoms with Crippen molar-refractivity contribution in [2.75, 3.05) is 5.75 Å². The van der Waals surface area contributed by atoms with Crippen molar-refractivity contribution in [3.8, 4) is 11.3 Å². The Morgan fingerprint density at radius 1 is 1.17 bits per heavy atom. The van der Waals surface area contributed by atoms with E-state index in [1.54, 1.807) is 30.7 Å². The van der Waals surface area contributed by atoms with E-state index in [1.807, 2.05) is 24.3 Å². The molecule has 0 amide bonds. The fourth-order valence-corrected chi connectivity index (χ4v) is 4.83. The van der Waals surface area contributed by atoms with E-state index in [9.17, 15) is 8.42 Å². The highest BCUT2D eigenvalue weighted by Crippen LogP contribution is 2.33. The summed E-state index contributed by atoms with van der Waals surface area (Å²) in [5.74, 6) is 0.0897. The molecule has 6 nitrogen and oxygen atoms in total. The van der Waals surface area contributed by atoms with Crippen molar-refractivity contribution in [3.63, 3.8) is 0 Å². The lowest BCUT2D eigenvalue weighted by molar-refractivity contribution is 0.567. The van der Waals surface area contributed by atoms with Crippen molar-refractivity contribution in [2.24, 2.45) is 0 Å². The van der Waals surface area contributed by atoms with E-state index in [-0.39, 0.29) is 11.8 Å². The first kappa shape index (κ1) is 15.0. The summed E-state index contributed by atoms with van der Waals surface area (Å²) in [6.45, 7) is 0.523. The van der Waals surface area contributed by atoms with E-state index < -0.39 is 9.84 Å². The first-order chi connectivity index (χ1) is 11.6. The molecule has 1 aromatic carbocycles. The van der Waals surface area contributed by atoms with Crippen LogP contribution in [0.1, 0.15) is 17.2 Å². The van der Waals surface area contributed by atoms with Crippen LogP contribution in [0, 0.1) is 0 Å². The Bertz CT molecular complexity index is 967. The van der Waals surface area contributed by atoms with Gasteiger partial charge in [0.25, 0.3) is 0 Å². The van der Waals surface area contributed by atoms with E-state index in [0.717, 1.165) is 22.4 Å². The summed E-state index contributed by atoms with van der Waals surface area (Å²) >= 11 is 0. The van der Waals surface area contributed by atoms with Gasteiger partial charge in [0, 0.05) is 36.1 Å². The summed E-state index contributed by atoms with van der Waals surface area (Å²) in [5.41, 5.74) is 3.66. The third-order valence-electron chi connectivity index (χ3n) is 4.22. The molecule has 3 heterocycles. The Morgan fingerprint density at radius 2 is 2.04 bits per heavy atom. The van der Waals surface area contributed by atoms with Crippen LogP contribution in [0.25, 0.3) is 11.3 Å². The van der Waals surface area contributed by atoms with Gasteiger partial charge in [0.2, 0.25) is 0 Å². The van der Waals surface area contributed by atoms with Crippen molar-refractivity contribution in [3.05, 3.63) is 66.1 Å². The van der Waals surface area contributed by atoms with Gasteiger partial charge < -0.3 is 5.32 Å². The number of rotatable bonds is 4. The minimum absolute atomic E-state index is 0.0897. The standard InChI is InChI=1S/C17H16N4O2S/c22-24(23)11-15(14-5-1-2-6-16(14)24)19-9-13-10-20-21-17(13)12-4-3-7-18-8-12/h1-8,10,15,19H,9,11H2,(H,20,21). The van der Waals surface area contributed by atoms with Crippen molar-refractivity contribution >= 4 is 9.84 Å². The molecule has 2 aromatic heterocycles. The van der Waals surface area contributed by atoms with Crippen molar-refractivity contribution in [1.82, 2.24) is 20.5 Å². The number of nitrogens with one attached hydrogen (secondary N) is 2. The zero-order chi connectivity index (χ0) is 16.6. The summed E-state index contributed by atoms with van der Waals surface area (Å²) in [4.78, 5) is 4.55. The van der Waals surface area contributed by atoms with E-state index in [1.165, 1.54) is 0 Å². The lowest BCUT2D eigenvalue weighted by Crippen LogP contribution is -2.22. The fourth-order valence-electron chi connectivity index (χ4n) is 3.06. The number of sulfone groups is 1. The molecule has 0 fully saturated rings. The monoisotopic (exact) mass is 340 g/mol. The smallest absolute Gasteiger partial charge is 0.180 e. The second-order valence-corrected chi connectivity index (χ2v) is 7.77. The quantitative estimate of drug-likeness (QED) is 0.759. The van der Waals surface area contributed by atoms with Gasteiger partial charge >= 0.3 is 0 Å². The third-order valence-corrected chi connectivity index (χ3v) is 6.04. The maximum atomic E-state index is 12.2. The molecule has 3 aromatic rings. The topological polar surface area (TPSA) is 87.7 Å². The predicted octanol–water partition coefficient (Wildman–Crippen LogP) is 2.09. The minimum Gasteiger partial charge on any atom is -0.305 e. The van der Waals surface area contributed by atoms with Gasteiger partial charge in [0.15, 0.2) is 9.84 Å². The Morgan fingerprint density at radius 3 is 2.88 bits per heavy atom. The molecule has 0 aliphatic carbocycles. The molecular weight excluding hydrogens is 324 g/mol. The second kappa shape index (κ2) is 5.85. The third kappa shape index (κ3) is 2.61. The largest absolute Gasteiger partial charge is 0.305 e. The first-order valence-electron chi connectivity index (χ1n) is 7.63. The normalized spacial score (nSPS) is 18.4. The molecule has 1 atom stereocenters. The molecule has 24 heavy (non-hydrogen) atoms. The van der Waals surface area contributed by atoms with Gasteiger partial charge in [-0.3, -0.25) is 10.1 Å². The summed E-state index contributed by atoms with van der Waals surface area (Å²) in [6, 6.07) is 10.8. The SMILES string of the molecule is O=S1(=O)CC(NCc2cn[nH]c2-c2cccnc2)c2ccccc21. The number of H-pyrrole nitrogens is 1. The van der Waals surface area contributed by atoms with E-state index in [0.29, 0.717) is 11.4 Å². The van der Waals surface area contributed by atoms with Crippen LogP contribution in [0.5, 0.6) is 0 Å². The number of fused-ring (bicyclic) bond motifs is 1. The van der Waals surface area contributed by atoms with Crippen LogP contribution in [-0.4, -0.2) is 29.4 Å². The molecule has 7 heteroatoms. The number of pyridine rings is 1. The molecular formula is C17H16N4O2S. The number of benzene rings is 1. The van der Waals surface area contributed by atoms with Crippen LogP contribution >= 0.6 is 0 Å². The number of hydrogen-bond donors (Lipinski definition) is 2. The van der Waals surface area contributed by atoms with Crippen molar-refractivity contribution in [2.45, 2.75) is 17.5 Å². The van der Waals surface area contributed by atoms with Gasteiger partial charge in [-0.2, -0.15) is 5.10 Å². The minimum atomic E-state index is -3.20. The van der Waals surface area contributed by atoms with E-state index in [4.69, 9.17) is 0 Å². The van der Waals surface area contributed by atoms with E-state index in [2.05, 4.69) is 20.5 Å². The highest BCUT2D eigenvalue weighted by molar-refractivity contribution is 7.91. The average Bonchev–Trinajstić information content (AvgIpc) is 3.17. The molecule has 1 unspecified atom stereocenters. The summed E-state index contributed by atoms with van der Waals surface area (Å²) in [6.07, 6.45) is 5.25. The van der Waals surface area contributed by atoms with Crippen LogP contribution < -0.4 is 5.32 Å². The molecule has 0 saturated carbocycles. The van der Waals surface area contributed by atoms with Gasteiger partial charge in [0.05, 0.1) is 22.5 Å². The fraction of sp³-hybridized carbons (Fsp3) is 0.176. The molecule has 0 radical (unpaired) electrons. The Balaban J connectivity index is 1.57. The Hall–Kier alpha value is -2.51. The molecule has 2 N–H and O–H groups in total. The van der Waals surface area contributed by atoms with Gasteiger partial charge in [-0.15, -0.1) is 0 Å². The maximum Gasteiger partial charge on any atom is 0.180 e. The van der Waals surface area contributed by atoms with Crippen LogP contribution in [-0.2, 0) is 16.4 Å². The Labute approximate surface area is 139 Å². The molecule has 0 bridgehead atoms. The zero-order valence-corrected chi connectivity index (χ0v) is 13.6. The summed E-state index contributed by atoms with van der Waals surface area (Å²) < 4.78 is 24.5. The highest BCUT2D eigenvalue weighted by Gasteiger charge is 2.34. The van der Waals surface area contributed by atoms with Gasteiger partial charge in [-0.05, 0) is 23.8 Å². The average molecular weight is 340 g/mol. The van der Waals surface area contributed by atoms with Gasteiger partial charge in [-0.25, -0.2) is 8.42 Å². The Kier molecular flexibility index (Phi) is 3.66. The number of nitrogens with zero attached hydrogens (tertiary/aromatic N) is 2. The number of aromatic amines is 1. The first-order valence-corrected chi connectivity index (χ1v) is 9.28. The lowest BCUT2D eigenvalue weighted by Gasteiger charge is -2.12. The molecule has 1 aliphatic rings. The van der Waals surface area contributed by atoms with Crippen LogP contribution in [0.2, 0.25) is 0 Å². The summed E-state index contributed by atoms with van der Waals surface area (Å²) in [5, 5.41) is 10.4. The molecule has 122 valence electrons. The van der Waals surface area contributed by atoms with Gasteiger partial charge in [-0.1, -0.05) is 18.2 Å². The molecule has 4 rings (SSSR count). The predicted molar refractivity (Wildman–Crippen MR) is 89.9 cm³/mol. The molecule has 0 spiro atoms. The molecule has 0 saturated heterocycles. The van der Waals surface area contributed by atoms with Crippen LogP contribution in [0.15, 0.2) is 59.9 Å². The number of hydrogen-bond acceptors (Lipinski definition) is 5. The van der Waals surface area contributed by atoms with Crippen LogP contribution in [0.3, 0.4) is 0 Å². The zero-order valence-electron chi connectivity index (χ0n) is 12.8. The van der Waals surface area contributed by atoms with Gasteiger partial charge in [0.1, 0.15) is 0 Å². The lowest BCUT2D eigenvalue weighted by atomic mass is 10.1. The van der Waals surface area contributed by atoms with Crippen LogP contribution in [0.4, 0.5) is 0 Å².